The standard InChI is InChI=1S/C10H20N2O/c1-5-7-9-11-10(8(3)6-2)13-12(9)4/h8-9H,5-7H2,1-4H3. The summed E-state index contributed by atoms with van der Waals surface area (Å²) in [4.78, 5) is 10.1. The molecule has 0 saturated heterocycles. The summed E-state index contributed by atoms with van der Waals surface area (Å²) in [6.07, 6.45) is 3.56. The Kier molecular flexibility index (Phi) is 3.72. The van der Waals surface area contributed by atoms with Crippen LogP contribution in [0.2, 0.25) is 0 Å². The molecule has 3 heteroatoms. The molecule has 1 aliphatic rings. The van der Waals surface area contributed by atoms with Crippen LogP contribution in [0.25, 0.3) is 0 Å². The van der Waals surface area contributed by atoms with Crippen molar-refractivity contribution in [3.05, 3.63) is 0 Å². The van der Waals surface area contributed by atoms with Gasteiger partial charge in [0.2, 0.25) is 5.90 Å². The zero-order valence-electron chi connectivity index (χ0n) is 9.08. The summed E-state index contributed by atoms with van der Waals surface area (Å²) in [7, 11) is 1.96. The second kappa shape index (κ2) is 4.61. The van der Waals surface area contributed by atoms with Gasteiger partial charge in [-0.2, -0.15) is 0 Å². The number of rotatable bonds is 4. The van der Waals surface area contributed by atoms with Crippen LogP contribution in [0.4, 0.5) is 0 Å². The number of nitrogens with zero attached hydrogens (tertiary/aromatic N) is 2. The first-order valence-electron chi connectivity index (χ1n) is 5.17. The van der Waals surface area contributed by atoms with Crippen molar-refractivity contribution in [3.8, 4) is 0 Å². The van der Waals surface area contributed by atoms with Gasteiger partial charge in [-0.1, -0.05) is 27.2 Å². The predicted molar refractivity (Wildman–Crippen MR) is 54.4 cm³/mol. The van der Waals surface area contributed by atoms with Gasteiger partial charge in [-0.3, -0.25) is 0 Å². The predicted octanol–water partition coefficient (Wildman–Crippen LogP) is 2.43. The van der Waals surface area contributed by atoms with Crippen LogP contribution in [-0.2, 0) is 4.84 Å². The molecule has 0 saturated carbocycles. The Labute approximate surface area is 80.7 Å². The van der Waals surface area contributed by atoms with E-state index in [1.165, 1.54) is 0 Å². The average Bonchev–Trinajstić information content (AvgIpc) is 2.47. The number of hydroxylamine groups is 2. The van der Waals surface area contributed by atoms with E-state index in [0.717, 1.165) is 25.2 Å². The van der Waals surface area contributed by atoms with Gasteiger partial charge >= 0.3 is 0 Å². The zero-order chi connectivity index (χ0) is 9.84. The average molecular weight is 184 g/mol. The molecule has 0 aromatic heterocycles. The van der Waals surface area contributed by atoms with Gasteiger partial charge in [0.15, 0.2) is 0 Å². The molecule has 76 valence electrons. The highest BCUT2D eigenvalue weighted by molar-refractivity contribution is 5.79. The van der Waals surface area contributed by atoms with Gasteiger partial charge in [-0.25, -0.2) is 4.99 Å². The summed E-state index contributed by atoms with van der Waals surface area (Å²) in [5, 5.41) is 1.87. The molecule has 0 amide bonds. The minimum absolute atomic E-state index is 0.244. The molecule has 2 unspecified atom stereocenters. The zero-order valence-corrected chi connectivity index (χ0v) is 9.08. The van der Waals surface area contributed by atoms with Crippen LogP contribution in [0.15, 0.2) is 4.99 Å². The largest absolute Gasteiger partial charge is 0.389 e. The van der Waals surface area contributed by atoms with Crippen LogP contribution in [0.5, 0.6) is 0 Å². The van der Waals surface area contributed by atoms with Gasteiger partial charge in [0.05, 0.1) is 0 Å². The van der Waals surface area contributed by atoms with Crippen molar-refractivity contribution < 1.29 is 4.84 Å². The molecule has 0 spiro atoms. The molecule has 3 nitrogen and oxygen atoms in total. The Balaban J connectivity index is 2.54. The van der Waals surface area contributed by atoms with E-state index in [1.54, 1.807) is 0 Å². The smallest absolute Gasteiger partial charge is 0.214 e. The summed E-state index contributed by atoms with van der Waals surface area (Å²) < 4.78 is 0. The van der Waals surface area contributed by atoms with Crippen LogP contribution < -0.4 is 0 Å². The van der Waals surface area contributed by atoms with Gasteiger partial charge in [0.25, 0.3) is 0 Å². The van der Waals surface area contributed by atoms with Gasteiger partial charge in [0, 0.05) is 13.0 Å². The summed E-state index contributed by atoms with van der Waals surface area (Å²) in [6, 6.07) is 0. The fourth-order valence-electron chi connectivity index (χ4n) is 1.36. The molecule has 0 N–H and O–H groups in total. The first-order chi connectivity index (χ1) is 6.19. The quantitative estimate of drug-likeness (QED) is 0.670. The fraction of sp³-hybridized carbons (Fsp3) is 0.900. The van der Waals surface area contributed by atoms with Crippen molar-refractivity contribution >= 4 is 5.90 Å². The lowest BCUT2D eigenvalue weighted by molar-refractivity contribution is -0.0628. The van der Waals surface area contributed by atoms with E-state index in [2.05, 4.69) is 25.8 Å². The molecule has 2 atom stereocenters. The van der Waals surface area contributed by atoms with Crippen molar-refractivity contribution in [3.63, 3.8) is 0 Å². The van der Waals surface area contributed by atoms with Gasteiger partial charge in [-0.15, -0.1) is 5.06 Å². The normalized spacial score (nSPS) is 25.5. The highest BCUT2D eigenvalue weighted by Gasteiger charge is 2.26. The SMILES string of the molecule is CCCC1N=C(C(C)CC)ON1C. The second-order valence-corrected chi connectivity index (χ2v) is 3.68. The van der Waals surface area contributed by atoms with Crippen LogP contribution in [-0.4, -0.2) is 24.2 Å². The molecular weight excluding hydrogens is 164 g/mol. The first kappa shape index (κ1) is 10.5. The monoisotopic (exact) mass is 184 g/mol. The lowest BCUT2D eigenvalue weighted by atomic mass is 10.1. The van der Waals surface area contributed by atoms with E-state index < -0.39 is 0 Å². The Hall–Kier alpha value is -0.570. The summed E-state index contributed by atoms with van der Waals surface area (Å²) >= 11 is 0. The Bertz CT molecular complexity index is 191. The third-order valence-electron chi connectivity index (χ3n) is 2.51. The Morgan fingerprint density at radius 1 is 1.54 bits per heavy atom. The summed E-state index contributed by atoms with van der Waals surface area (Å²) in [6.45, 7) is 6.48. The lowest BCUT2D eigenvalue weighted by Crippen LogP contribution is -2.25. The maximum atomic E-state index is 5.56. The Morgan fingerprint density at radius 3 is 2.77 bits per heavy atom. The van der Waals surface area contributed by atoms with E-state index in [4.69, 9.17) is 4.84 Å². The van der Waals surface area contributed by atoms with Crippen LogP contribution in [0.3, 0.4) is 0 Å². The van der Waals surface area contributed by atoms with Crippen molar-refractivity contribution in [1.29, 1.82) is 0 Å². The summed E-state index contributed by atoms with van der Waals surface area (Å²) in [5.41, 5.74) is 0. The van der Waals surface area contributed by atoms with E-state index in [-0.39, 0.29) is 6.17 Å². The van der Waals surface area contributed by atoms with E-state index in [0.29, 0.717) is 5.92 Å². The van der Waals surface area contributed by atoms with Crippen LogP contribution in [0, 0.1) is 5.92 Å². The minimum atomic E-state index is 0.244. The minimum Gasteiger partial charge on any atom is -0.389 e. The third-order valence-corrected chi connectivity index (χ3v) is 2.51. The summed E-state index contributed by atoms with van der Waals surface area (Å²) in [5.74, 6) is 1.35. The molecule has 0 aliphatic carbocycles. The maximum Gasteiger partial charge on any atom is 0.214 e. The molecule has 0 radical (unpaired) electrons. The van der Waals surface area contributed by atoms with E-state index in [9.17, 15) is 0 Å². The maximum absolute atomic E-state index is 5.56. The molecular formula is C10H20N2O. The van der Waals surface area contributed by atoms with E-state index in [1.807, 2.05) is 12.1 Å². The van der Waals surface area contributed by atoms with E-state index >= 15 is 0 Å². The Morgan fingerprint density at radius 2 is 2.23 bits per heavy atom. The van der Waals surface area contributed by atoms with Gasteiger partial charge in [-0.05, 0) is 12.8 Å². The molecule has 13 heavy (non-hydrogen) atoms. The second-order valence-electron chi connectivity index (χ2n) is 3.68. The van der Waals surface area contributed by atoms with Gasteiger partial charge < -0.3 is 4.84 Å². The molecule has 1 aliphatic heterocycles. The number of aliphatic imine (C=N–C) groups is 1. The molecule has 1 heterocycles. The number of hydrogen-bond acceptors (Lipinski definition) is 3. The van der Waals surface area contributed by atoms with Crippen molar-refractivity contribution in [2.24, 2.45) is 10.9 Å². The topological polar surface area (TPSA) is 24.8 Å². The van der Waals surface area contributed by atoms with Crippen LogP contribution >= 0.6 is 0 Å². The highest BCUT2D eigenvalue weighted by atomic mass is 16.7. The fourth-order valence-corrected chi connectivity index (χ4v) is 1.36. The highest BCUT2D eigenvalue weighted by Crippen LogP contribution is 2.19. The lowest BCUT2D eigenvalue weighted by Gasteiger charge is -2.15. The first-order valence-corrected chi connectivity index (χ1v) is 5.17. The molecule has 0 bridgehead atoms. The molecule has 1 rings (SSSR count). The van der Waals surface area contributed by atoms with Crippen molar-refractivity contribution in [2.75, 3.05) is 7.05 Å². The van der Waals surface area contributed by atoms with Gasteiger partial charge in [0.1, 0.15) is 6.17 Å². The van der Waals surface area contributed by atoms with Crippen molar-refractivity contribution in [2.45, 2.75) is 46.2 Å². The molecule has 0 aromatic carbocycles. The van der Waals surface area contributed by atoms with Crippen molar-refractivity contribution in [1.82, 2.24) is 5.06 Å². The number of hydrogen-bond donors (Lipinski definition) is 0. The molecule has 0 aromatic rings. The third kappa shape index (κ3) is 2.44. The van der Waals surface area contributed by atoms with Crippen LogP contribution in [0.1, 0.15) is 40.0 Å². The molecule has 0 fully saturated rings.